The molecule has 0 radical (unpaired) electrons. The van der Waals surface area contributed by atoms with E-state index >= 15 is 0 Å². The van der Waals surface area contributed by atoms with Crippen LogP contribution in [-0.2, 0) is 13.0 Å². The molecule has 2 heterocycles. The number of amides is 2. The molecule has 2 aliphatic rings. The number of H-pyrrole nitrogens is 1. The van der Waals surface area contributed by atoms with Crippen molar-refractivity contribution in [3.05, 3.63) is 29.5 Å². The standard InChI is InChI=1S/C21H30N4O2/c1-24(2)21(26)22-15-11-14(12-15)7-9-25-10-8-16-17-5-4-6-19(27-3)20(17)23-18(16)13-25/h4-6,14-15,23H,7-13H2,1-3H3,(H,22,26). The van der Waals surface area contributed by atoms with E-state index in [1.165, 1.54) is 23.1 Å². The van der Waals surface area contributed by atoms with E-state index < -0.39 is 0 Å². The van der Waals surface area contributed by atoms with Gasteiger partial charge in [-0.05, 0) is 49.8 Å². The Labute approximate surface area is 160 Å². The van der Waals surface area contributed by atoms with Crippen LogP contribution in [0.3, 0.4) is 0 Å². The second-order valence-electron chi connectivity index (χ2n) is 8.16. The zero-order valence-corrected chi connectivity index (χ0v) is 16.5. The number of hydrogen-bond acceptors (Lipinski definition) is 3. The third kappa shape index (κ3) is 3.63. The number of aromatic amines is 1. The minimum Gasteiger partial charge on any atom is -0.495 e. The number of methoxy groups -OCH3 is 1. The zero-order chi connectivity index (χ0) is 19.0. The number of ether oxygens (including phenoxy) is 1. The van der Waals surface area contributed by atoms with Crippen molar-refractivity contribution in [1.82, 2.24) is 20.1 Å². The van der Waals surface area contributed by atoms with Crippen molar-refractivity contribution < 1.29 is 9.53 Å². The molecule has 146 valence electrons. The average molecular weight is 370 g/mol. The first-order valence-electron chi connectivity index (χ1n) is 9.91. The summed E-state index contributed by atoms with van der Waals surface area (Å²) < 4.78 is 5.51. The van der Waals surface area contributed by atoms with Crippen LogP contribution in [-0.4, -0.2) is 61.2 Å². The summed E-state index contributed by atoms with van der Waals surface area (Å²) in [6.07, 6.45) is 4.53. The van der Waals surface area contributed by atoms with Crippen molar-refractivity contribution >= 4 is 16.9 Å². The molecule has 0 saturated heterocycles. The van der Waals surface area contributed by atoms with Gasteiger partial charge in [-0.1, -0.05) is 12.1 Å². The number of fused-ring (bicyclic) bond motifs is 3. The molecular formula is C21H30N4O2. The number of nitrogens with zero attached hydrogens (tertiary/aromatic N) is 2. The maximum Gasteiger partial charge on any atom is 0.317 e. The minimum absolute atomic E-state index is 0.0243. The number of carbonyl (C=O) groups is 1. The molecule has 0 bridgehead atoms. The fourth-order valence-electron chi connectivity index (χ4n) is 4.41. The van der Waals surface area contributed by atoms with Gasteiger partial charge in [0.1, 0.15) is 5.75 Å². The number of urea groups is 1. The van der Waals surface area contributed by atoms with E-state index in [-0.39, 0.29) is 6.03 Å². The number of rotatable bonds is 5. The molecule has 2 N–H and O–H groups in total. The van der Waals surface area contributed by atoms with E-state index in [4.69, 9.17) is 4.74 Å². The van der Waals surface area contributed by atoms with E-state index in [9.17, 15) is 4.79 Å². The molecule has 0 spiro atoms. The Morgan fingerprint density at radius 3 is 2.93 bits per heavy atom. The lowest BCUT2D eigenvalue weighted by Crippen LogP contribution is -2.48. The fraction of sp³-hybridized carbons (Fsp3) is 0.571. The van der Waals surface area contributed by atoms with Crippen LogP contribution in [0.5, 0.6) is 5.75 Å². The first kappa shape index (κ1) is 18.2. The van der Waals surface area contributed by atoms with Crippen LogP contribution in [0, 0.1) is 5.92 Å². The van der Waals surface area contributed by atoms with Crippen molar-refractivity contribution in [2.75, 3.05) is 34.3 Å². The van der Waals surface area contributed by atoms with Crippen molar-refractivity contribution in [2.45, 2.75) is 38.3 Å². The summed E-state index contributed by atoms with van der Waals surface area (Å²) in [5, 5.41) is 4.39. The van der Waals surface area contributed by atoms with Gasteiger partial charge in [0.25, 0.3) is 0 Å². The lowest BCUT2D eigenvalue weighted by molar-refractivity contribution is 0.159. The van der Waals surface area contributed by atoms with E-state index in [0.29, 0.717) is 6.04 Å². The summed E-state index contributed by atoms with van der Waals surface area (Å²) >= 11 is 0. The molecule has 1 aromatic carbocycles. The second kappa shape index (κ2) is 7.43. The highest BCUT2D eigenvalue weighted by molar-refractivity contribution is 5.89. The monoisotopic (exact) mass is 370 g/mol. The number of hydrogen-bond donors (Lipinski definition) is 2. The number of aromatic nitrogens is 1. The van der Waals surface area contributed by atoms with E-state index in [0.717, 1.165) is 56.1 Å². The third-order valence-electron chi connectivity index (χ3n) is 6.09. The molecule has 2 amide bonds. The Morgan fingerprint density at radius 2 is 2.19 bits per heavy atom. The average Bonchev–Trinajstić information content (AvgIpc) is 3.00. The van der Waals surface area contributed by atoms with Crippen LogP contribution in [0.25, 0.3) is 10.9 Å². The maximum atomic E-state index is 11.7. The highest BCUT2D eigenvalue weighted by Crippen LogP contribution is 2.34. The predicted octanol–water partition coefficient (Wildman–Crippen LogP) is 2.97. The van der Waals surface area contributed by atoms with Crippen LogP contribution >= 0.6 is 0 Å². The lowest BCUT2D eigenvalue weighted by Gasteiger charge is -2.38. The predicted molar refractivity (Wildman–Crippen MR) is 107 cm³/mol. The SMILES string of the molecule is COc1cccc2c3c([nH]c12)CN(CCC1CC(NC(=O)N(C)C)C1)CC3. The molecular weight excluding hydrogens is 340 g/mol. The smallest absolute Gasteiger partial charge is 0.317 e. The number of benzene rings is 1. The first-order valence-corrected chi connectivity index (χ1v) is 9.91. The summed E-state index contributed by atoms with van der Waals surface area (Å²) in [5.74, 6) is 1.66. The Kier molecular flexibility index (Phi) is 5.00. The van der Waals surface area contributed by atoms with E-state index in [1.54, 1.807) is 26.1 Å². The third-order valence-corrected chi connectivity index (χ3v) is 6.09. The van der Waals surface area contributed by atoms with Crippen molar-refractivity contribution in [3.63, 3.8) is 0 Å². The van der Waals surface area contributed by atoms with Crippen LogP contribution in [0.2, 0.25) is 0 Å². The van der Waals surface area contributed by atoms with Crippen LogP contribution in [0.15, 0.2) is 18.2 Å². The summed E-state index contributed by atoms with van der Waals surface area (Å²) in [6, 6.07) is 6.67. The van der Waals surface area contributed by atoms with Gasteiger partial charge in [0.15, 0.2) is 0 Å². The molecule has 1 aromatic heterocycles. The molecule has 6 nitrogen and oxygen atoms in total. The Bertz CT molecular complexity index is 823. The van der Waals surface area contributed by atoms with Gasteiger partial charge in [-0.25, -0.2) is 4.79 Å². The van der Waals surface area contributed by atoms with Crippen molar-refractivity contribution in [3.8, 4) is 5.75 Å². The topological polar surface area (TPSA) is 60.6 Å². The lowest BCUT2D eigenvalue weighted by atomic mass is 9.78. The highest BCUT2D eigenvalue weighted by atomic mass is 16.5. The van der Waals surface area contributed by atoms with Gasteiger partial charge in [0, 0.05) is 44.3 Å². The van der Waals surface area contributed by atoms with Crippen LogP contribution in [0.1, 0.15) is 30.5 Å². The van der Waals surface area contributed by atoms with E-state index in [1.807, 2.05) is 6.07 Å². The van der Waals surface area contributed by atoms with Gasteiger partial charge in [-0.2, -0.15) is 0 Å². The summed E-state index contributed by atoms with van der Waals surface area (Å²) in [7, 11) is 5.30. The molecule has 0 unspecified atom stereocenters. The molecule has 1 aliphatic heterocycles. The Hall–Kier alpha value is -2.21. The number of nitrogens with one attached hydrogen (secondary N) is 2. The van der Waals surface area contributed by atoms with Gasteiger partial charge in [-0.3, -0.25) is 4.90 Å². The summed E-state index contributed by atoms with van der Waals surface area (Å²) in [5.41, 5.74) is 3.92. The molecule has 27 heavy (non-hydrogen) atoms. The van der Waals surface area contributed by atoms with Crippen LogP contribution < -0.4 is 10.1 Å². The fourth-order valence-corrected chi connectivity index (χ4v) is 4.41. The Balaban J connectivity index is 1.29. The molecule has 1 aliphatic carbocycles. The normalized spacial score (nSPS) is 22.2. The molecule has 4 rings (SSSR count). The minimum atomic E-state index is 0.0243. The quantitative estimate of drug-likeness (QED) is 0.851. The molecule has 0 atom stereocenters. The molecule has 2 aromatic rings. The molecule has 1 saturated carbocycles. The summed E-state index contributed by atoms with van der Waals surface area (Å²) in [6.45, 7) is 3.23. The van der Waals surface area contributed by atoms with Gasteiger partial charge in [0.05, 0.1) is 12.6 Å². The number of carbonyl (C=O) groups excluding carboxylic acids is 1. The maximum absolute atomic E-state index is 11.7. The highest BCUT2D eigenvalue weighted by Gasteiger charge is 2.31. The largest absolute Gasteiger partial charge is 0.495 e. The van der Waals surface area contributed by atoms with Gasteiger partial charge >= 0.3 is 6.03 Å². The van der Waals surface area contributed by atoms with Gasteiger partial charge < -0.3 is 19.9 Å². The van der Waals surface area contributed by atoms with Crippen molar-refractivity contribution in [2.24, 2.45) is 5.92 Å². The van der Waals surface area contributed by atoms with Gasteiger partial charge in [-0.15, -0.1) is 0 Å². The molecule has 1 fully saturated rings. The second-order valence-corrected chi connectivity index (χ2v) is 8.16. The Morgan fingerprint density at radius 1 is 1.37 bits per heavy atom. The van der Waals surface area contributed by atoms with Crippen molar-refractivity contribution in [1.29, 1.82) is 0 Å². The first-order chi connectivity index (χ1) is 13.0. The van der Waals surface area contributed by atoms with Crippen LogP contribution in [0.4, 0.5) is 4.79 Å². The number of para-hydroxylation sites is 1. The van der Waals surface area contributed by atoms with Gasteiger partial charge in [0.2, 0.25) is 0 Å². The van der Waals surface area contributed by atoms with E-state index in [2.05, 4.69) is 27.3 Å². The zero-order valence-electron chi connectivity index (χ0n) is 16.5. The summed E-state index contributed by atoms with van der Waals surface area (Å²) in [4.78, 5) is 19.4. The molecule has 6 heteroatoms.